The van der Waals surface area contributed by atoms with E-state index in [-0.39, 0.29) is 22.2 Å². The summed E-state index contributed by atoms with van der Waals surface area (Å²) in [5.41, 5.74) is 1.95. The molecule has 7 aliphatic carbocycles. The predicted molar refractivity (Wildman–Crippen MR) is 172 cm³/mol. The summed E-state index contributed by atoms with van der Waals surface area (Å²) in [6.07, 6.45) is 11.5. The fourth-order valence-corrected chi connectivity index (χ4v) is 9.86. The van der Waals surface area contributed by atoms with E-state index >= 15 is 0 Å². The maximum absolute atomic E-state index is 14.7. The summed E-state index contributed by atoms with van der Waals surface area (Å²) in [5.74, 6) is 2.27. The molecule has 9 heteroatoms. The molecule has 4 bridgehead atoms. The first kappa shape index (κ1) is 28.1. The van der Waals surface area contributed by atoms with Crippen molar-refractivity contribution < 1.29 is 13.7 Å². The fraction of sp³-hybridized carbons (Fsp3) is 0.583. The van der Waals surface area contributed by atoms with Gasteiger partial charge in [0.2, 0.25) is 11.8 Å². The molecular weight excluding hydrogens is 585 g/mol. The summed E-state index contributed by atoms with van der Waals surface area (Å²) in [7, 11) is 0. The molecule has 7 aliphatic rings. The van der Waals surface area contributed by atoms with Gasteiger partial charge in [-0.1, -0.05) is 38.1 Å². The third-order valence-electron chi connectivity index (χ3n) is 11.8. The number of fused-ring (bicyclic) bond motifs is 4. The zero-order chi connectivity index (χ0) is 30.8. The van der Waals surface area contributed by atoms with Crippen LogP contribution in [-0.2, 0) is 15.6 Å². The second-order valence-corrected chi connectivity index (χ2v) is 17.3. The average molecular weight is 626 g/mol. The molecule has 0 atom stereocenters. The van der Waals surface area contributed by atoms with E-state index in [4.69, 9.17) is 19.5 Å². The Balaban J connectivity index is 1.01. The van der Waals surface area contributed by atoms with Gasteiger partial charge in [0.05, 0.1) is 15.1 Å². The number of rotatable bonds is 7. The Bertz CT molecular complexity index is 1810. The maximum atomic E-state index is 14.7. The first-order valence-corrected chi connectivity index (χ1v) is 17.5. The van der Waals surface area contributed by atoms with Crippen molar-refractivity contribution in [3.05, 3.63) is 53.3 Å². The molecule has 7 fully saturated rings. The summed E-state index contributed by atoms with van der Waals surface area (Å²) in [4.78, 5) is 30.7. The normalized spacial score (nSPS) is 31.9. The number of nitrogens with zero attached hydrogens (tertiary/aromatic N) is 5. The van der Waals surface area contributed by atoms with Crippen LogP contribution in [0.1, 0.15) is 114 Å². The Morgan fingerprint density at radius 3 is 2.40 bits per heavy atom. The fourth-order valence-electron chi connectivity index (χ4n) is 8.72. The van der Waals surface area contributed by atoms with E-state index in [0.717, 1.165) is 71.5 Å². The second kappa shape index (κ2) is 9.20. The van der Waals surface area contributed by atoms with Crippen LogP contribution in [0.25, 0.3) is 21.5 Å². The second-order valence-electron chi connectivity index (χ2n) is 16.2. The van der Waals surface area contributed by atoms with Gasteiger partial charge in [-0.15, -0.1) is 11.3 Å². The molecule has 0 unspecified atom stereocenters. The molecule has 4 aromatic rings. The number of hydrogen-bond acceptors (Lipinski definition) is 7. The largest absolute Gasteiger partial charge is 0.339 e. The molecule has 0 radical (unpaired) electrons. The van der Waals surface area contributed by atoms with Crippen molar-refractivity contribution in [1.82, 2.24) is 20.1 Å². The SMILES string of the molecule is CC(C)(C)c1nc(C23CCC(CN(C(=O)C45CC(F)(C4)C5)c4cccc(-c5cnc6nc(C7CC7)sc6c5)c4)(CC2)CC3)no1. The van der Waals surface area contributed by atoms with Crippen LogP contribution < -0.4 is 4.90 Å². The molecule has 0 saturated heterocycles. The van der Waals surface area contributed by atoms with Gasteiger partial charge in [-0.25, -0.2) is 14.4 Å². The quantitative estimate of drug-likeness (QED) is 0.205. The minimum atomic E-state index is -1.12. The van der Waals surface area contributed by atoms with Crippen LogP contribution in [0, 0.1) is 10.8 Å². The van der Waals surface area contributed by atoms with Crippen LogP contribution in [0.5, 0.6) is 0 Å². The van der Waals surface area contributed by atoms with Crippen LogP contribution in [-0.4, -0.2) is 38.2 Å². The van der Waals surface area contributed by atoms with E-state index in [2.05, 4.69) is 50.2 Å². The highest BCUT2D eigenvalue weighted by Crippen LogP contribution is 2.70. The van der Waals surface area contributed by atoms with E-state index in [9.17, 15) is 9.18 Å². The van der Waals surface area contributed by atoms with Crippen molar-refractivity contribution in [2.75, 3.05) is 11.4 Å². The highest BCUT2D eigenvalue weighted by atomic mass is 32.1. The topological polar surface area (TPSA) is 85.0 Å². The van der Waals surface area contributed by atoms with Gasteiger partial charge in [0.25, 0.3) is 0 Å². The summed E-state index contributed by atoms with van der Waals surface area (Å²) in [5, 5.41) is 5.67. The highest BCUT2D eigenvalue weighted by molar-refractivity contribution is 7.18. The van der Waals surface area contributed by atoms with Gasteiger partial charge in [-0.2, -0.15) is 4.98 Å². The van der Waals surface area contributed by atoms with E-state index in [0.29, 0.717) is 37.6 Å². The molecule has 0 N–H and O–H groups in total. The lowest BCUT2D eigenvalue weighted by molar-refractivity contribution is -0.211. The number of carbonyl (C=O) groups is 1. The smallest absolute Gasteiger partial charge is 0.233 e. The number of aromatic nitrogens is 4. The van der Waals surface area contributed by atoms with Crippen LogP contribution in [0.4, 0.5) is 10.1 Å². The molecule has 1 amide bonds. The Kier molecular flexibility index (Phi) is 5.74. The van der Waals surface area contributed by atoms with E-state index in [1.54, 1.807) is 11.3 Å². The molecule has 3 aromatic heterocycles. The van der Waals surface area contributed by atoms with Crippen molar-refractivity contribution in [1.29, 1.82) is 0 Å². The van der Waals surface area contributed by atoms with Crippen molar-refractivity contribution in [2.45, 2.75) is 114 Å². The number of carbonyl (C=O) groups excluding carboxylic acids is 1. The Morgan fingerprint density at radius 1 is 1.02 bits per heavy atom. The first-order valence-electron chi connectivity index (χ1n) is 16.7. The maximum Gasteiger partial charge on any atom is 0.233 e. The number of hydrogen-bond donors (Lipinski definition) is 0. The molecule has 11 rings (SSSR count). The van der Waals surface area contributed by atoms with Crippen LogP contribution in [0.3, 0.4) is 0 Å². The molecule has 0 aliphatic heterocycles. The van der Waals surface area contributed by atoms with Gasteiger partial charge in [0, 0.05) is 40.7 Å². The number of alkyl halides is 1. The molecular formula is C36H40FN5O2S. The predicted octanol–water partition coefficient (Wildman–Crippen LogP) is 8.43. The number of anilines is 1. The van der Waals surface area contributed by atoms with Gasteiger partial charge in [-0.3, -0.25) is 4.79 Å². The van der Waals surface area contributed by atoms with E-state index in [1.165, 1.54) is 17.8 Å². The summed E-state index contributed by atoms with van der Waals surface area (Å²) in [6.45, 7) is 6.98. The molecule has 3 heterocycles. The van der Waals surface area contributed by atoms with Crippen LogP contribution in [0.15, 0.2) is 41.1 Å². The van der Waals surface area contributed by atoms with Crippen LogP contribution in [0.2, 0.25) is 0 Å². The lowest BCUT2D eigenvalue weighted by atomic mass is 9.41. The molecule has 45 heavy (non-hydrogen) atoms. The minimum absolute atomic E-state index is 0.0310. The van der Waals surface area contributed by atoms with E-state index in [1.807, 2.05) is 17.2 Å². The summed E-state index contributed by atoms with van der Waals surface area (Å²) in [6, 6.07) is 10.5. The third kappa shape index (κ3) is 4.43. The van der Waals surface area contributed by atoms with Crippen molar-refractivity contribution >= 4 is 33.3 Å². The Labute approximate surface area is 267 Å². The van der Waals surface area contributed by atoms with Crippen molar-refractivity contribution in [3.8, 4) is 11.1 Å². The summed E-state index contributed by atoms with van der Waals surface area (Å²) < 4.78 is 21.5. The summed E-state index contributed by atoms with van der Waals surface area (Å²) >= 11 is 1.75. The van der Waals surface area contributed by atoms with Crippen molar-refractivity contribution in [3.63, 3.8) is 0 Å². The van der Waals surface area contributed by atoms with Gasteiger partial charge in [-0.05, 0) is 99.8 Å². The van der Waals surface area contributed by atoms with Gasteiger partial charge in [0.15, 0.2) is 11.5 Å². The van der Waals surface area contributed by atoms with Crippen LogP contribution >= 0.6 is 11.3 Å². The zero-order valence-electron chi connectivity index (χ0n) is 26.4. The third-order valence-corrected chi connectivity index (χ3v) is 12.9. The standard InChI is InChI=1S/C36H40FN5O2S/c1-32(2,3)30-40-29(41-44-30)34-12-9-33(10-13-34,11-14-34)21-42(31(43)35-18-36(37,19-35)20-35)25-6-4-5-23(15-25)24-16-26-27(38-17-24)39-28(45-26)22-7-8-22/h4-6,15-17,22H,7-14,18-21H2,1-3H3. The van der Waals surface area contributed by atoms with E-state index < -0.39 is 11.1 Å². The lowest BCUT2D eigenvalue weighted by Gasteiger charge is -2.65. The van der Waals surface area contributed by atoms with Gasteiger partial charge < -0.3 is 9.42 Å². The zero-order valence-corrected chi connectivity index (χ0v) is 27.2. The number of amides is 1. The van der Waals surface area contributed by atoms with Crippen molar-refractivity contribution in [2.24, 2.45) is 10.8 Å². The molecule has 0 spiro atoms. The molecule has 1 aromatic carbocycles. The van der Waals surface area contributed by atoms with Gasteiger partial charge in [0.1, 0.15) is 5.67 Å². The molecule has 7 saturated carbocycles. The Morgan fingerprint density at radius 2 is 1.76 bits per heavy atom. The highest BCUT2D eigenvalue weighted by Gasteiger charge is 2.73. The molecule has 234 valence electrons. The van der Waals surface area contributed by atoms with Gasteiger partial charge >= 0.3 is 0 Å². The number of thiazole rings is 1. The average Bonchev–Trinajstić information content (AvgIpc) is 3.55. The number of benzene rings is 1. The molecule has 7 nitrogen and oxygen atoms in total. The minimum Gasteiger partial charge on any atom is -0.339 e. The number of halogens is 1. The first-order chi connectivity index (χ1) is 21.5. The Hall–Kier alpha value is -3.20. The number of pyridine rings is 1. The monoisotopic (exact) mass is 625 g/mol. The lowest BCUT2D eigenvalue weighted by Crippen LogP contribution is -2.71.